The molecule has 0 spiro atoms. The van der Waals surface area contributed by atoms with Gasteiger partial charge in [0.1, 0.15) is 0 Å². The van der Waals surface area contributed by atoms with Gasteiger partial charge < -0.3 is 4.57 Å². The highest BCUT2D eigenvalue weighted by Gasteiger charge is 2.14. The Bertz CT molecular complexity index is 1310. The van der Waals surface area contributed by atoms with Crippen molar-refractivity contribution in [2.24, 2.45) is 0 Å². The summed E-state index contributed by atoms with van der Waals surface area (Å²) in [5.41, 5.74) is 5.81. The maximum absolute atomic E-state index is 4.78. The maximum Gasteiger partial charge on any atom is 0.0703 e. The summed E-state index contributed by atoms with van der Waals surface area (Å²) < 4.78 is 2.34. The van der Waals surface area contributed by atoms with E-state index in [0.29, 0.717) is 0 Å². The van der Waals surface area contributed by atoms with Crippen molar-refractivity contribution in [3.63, 3.8) is 0 Å². The molecular formula is C26H24N2S. The third-order valence-corrected chi connectivity index (χ3v) is 7.08. The van der Waals surface area contributed by atoms with E-state index in [0.717, 1.165) is 11.3 Å². The van der Waals surface area contributed by atoms with E-state index < -0.39 is 10.0 Å². The summed E-state index contributed by atoms with van der Waals surface area (Å²) in [6.07, 6.45) is 8.94. The van der Waals surface area contributed by atoms with Crippen molar-refractivity contribution >= 4 is 31.8 Å². The molecule has 5 aromatic rings. The predicted octanol–water partition coefficient (Wildman–Crippen LogP) is 6.90. The molecule has 0 N–H and O–H groups in total. The number of benzene rings is 3. The van der Waals surface area contributed by atoms with Crippen LogP contribution in [0, 0.1) is 0 Å². The highest BCUT2D eigenvalue weighted by Crippen LogP contribution is 2.45. The second-order valence-electron chi connectivity index (χ2n) is 8.14. The van der Waals surface area contributed by atoms with Crippen LogP contribution >= 0.6 is 10.0 Å². The van der Waals surface area contributed by atoms with Crippen LogP contribution in [-0.2, 0) is 0 Å². The topological polar surface area (TPSA) is 17.8 Å². The molecule has 2 nitrogen and oxygen atoms in total. The van der Waals surface area contributed by atoms with Crippen LogP contribution in [0.5, 0.6) is 0 Å². The summed E-state index contributed by atoms with van der Waals surface area (Å²) in [5, 5.41) is 2.53. The van der Waals surface area contributed by atoms with E-state index in [9.17, 15) is 0 Å². The number of hydrogen-bond acceptors (Lipinski definition) is 1. The molecule has 0 amide bonds. The van der Waals surface area contributed by atoms with E-state index in [1.165, 1.54) is 32.4 Å². The zero-order valence-corrected chi connectivity index (χ0v) is 17.8. The van der Waals surface area contributed by atoms with Crippen LogP contribution in [0.15, 0.2) is 96.0 Å². The first kappa shape index (κ1) is 18.0. The molecule has 144 valence electrons. The molecular weight excluding hydrogens is 372 g/mol. The van der Waals surface area contributed by atoms with Crippen molar-refractivity contribution in [2.45, 2.75) is 4.90 Å². The molecule has 3 heteroatoms. The Balaban J connectivity index is 1.71. The van der Waals surface area contributed by atoms with Gasteiger partial charge >= 0.3 is 0 Å². The van der Waals surface area contributed by atoms with Crippen LogP contribution in [0.25, 0.3) is 38.8 Å². The highest BCUT2D eigenvalue weighted by atomic mass is 32.3. The minimum atomic E-state index is -0.758. The van der Waals surface area contributed by atoms with Gasteiger partial charge in [0.15, 0.2) is 0 Å². The standard InChI is InChI=1S/C26H24N2S/c1-29(2,3)21-14-15-24(27-18-21)19-13-16-26-23(17-19)22-11-7-8-12-25(22)28(26)20-9-5-4-6-10-20/h4-18H,1-3H3. The summed E-state index contributed by atoms with van der Waals surface area (Å²) in [5.74, 6) is 0. The van der Waals surface area contributed by atoms with Crippen molar-refractivity contribution < 1.29 is 0 Å². The van der Waals surface area contributed by atoms with Crippen LogP contribution in [0.3, 0.4) is 0 Å². The van der Waals surface area contributed by atoms with Crippen LogP contribution < -0.4 is 0 Å². The lowest BCUT2D eigenvalue weighted by Crippen LogP contribution is -1.95. The molecule has 0 bridgehead atoms. The van der Waals surface area contributed by atoms with Gasteiger partial charge in [-0.25, -0.2) is 10.0 Å². The minimum Gasteiger partial charge on any atom is -0.309 e. The fourth-order valence-electron chi connectivity index (χ4n) is 3.90. The molecule has 0 aliphatic rings. The van der Waals surface area contributed by atoms with Crippen LogP contribution in [0.1, 0.15) is 0 Å². The van der Waals surface area contributed by atoms with Gasteiger partial charge in [-0.1, -0.05) is 42.5 Å². The lowest BCUT2D eigenvalue weighted by molar-refractivity contribution is 1.18. The highest BCUT2D eigenvalue weighted by molar-refractivity contribution is 8.32. The van der Waals surface area contributed by atoms with Gasteiger partial charge in [0.2, 0.25) is 0 Å². The summed E-state index contributed by atoms with van der Waals surface area (Å²) in [6, 6.07) is 30.3. The fraction of sp³-hybridized carbons (Fsp3) is 0.115. The van der Waals surface area contributed by atoms with E-state index >= 15 is 0 Å². The summed E-state index contributed by atoms with van der Waals surface area (Å²) in [4.78, 5) is 6.12. The van der Waals surface area contributed by atoms with Gasteiger partial charge in [-0.2, -0.15) is 0 Å². The first-order valence-electron chi connectivity index (χ1n) is 9.76. The molecule has 0 saturated heterocycles. The molecule has 29 heavy (non-hydrogen) atoms. The molecule has 0 unspecified atom stereocenters. The smallest absolute Gasteiger partial charge is 0.0703 e. The number of hydrogen-bond donors (Lipinski definition) is 0. The molecule has 0 fully saturated rings. The van der Waals surface area contributed by atoms with Crippen LogP contribution in [-0.4, -0.2) is 28.3 Å². The van der Waals surface area contributed by atoms with Crippen molar-refractivity contribution in [3.05, 3.63) is 91.1 Å². The van der Waals surface area contributed by atoms with Gasteiger partial charge in [-0.05, 0) is 61.2 Å². The van der Waals surface area contributed by atoms with Gasteiger partial charge in [-0.15, -0.1) is 0 Å². The molecule has 0 radical (unpaired) electrons. The summed E-state index contributed by atoms with van der Waals surface area (Å²) >= 11 is 0. The minimum absolute atomic E-state index is 0.758. The first-order valence-corrected chi connectivity index (χ1v) is 12.6. The van der Waals surface area contributed by atoms with Gasteiger partial charge in [0, 0.05) is 33.1 Å². The molecule has 0 aliphatic heterocycles. The van der Waals surface area contributed by atoms with Crippen LogP contribution in [0.2, 0.25) is 0 Å². The van der Waals surface area contributed by atoms with Crippen molar-refractivity contribution in [2.75, 3.05) is 18.8 Å². The molecule has 0 aliphatic carbocycles. The van der Waals surface area contributed by atoms with Gasteiger partial charge in [0.05, 0.1) is 16.7 Å². The maximum atomic E-state index is 4.78. The average Bonchev–Trinajstić information content (AvgIpc) is 3.07. The second kappa shape index (κ2) is 6.78. The average molecular weight is 397 g/mol. The third-order valence-electron chi connectivity index (χ3n) is 5.43. The third kappa shape index (κ3) is 3.12. The number of pyridine rings is 1. The Labute approximate surface area is 173 Å². The van der Waals surface area contributed by atoms with E-state index in [1.807, 2.05) is 6.20 Å². The molecule has 3 aromatic carbocycles. The Kier molecular flexibility index (Phi) is 4.21. The quantitative estimate of drug-likeness (QED) is 0.324. The molecule has 0 saturated carbocycles. The lowest BCUT2D eigenvalue weighted by Gasteiger charge is -2.25. The SMILES string of the molecule is CS(C)(C)c1ccc(-c2ccc3c(c2)c2ccccc2n3-c2ccccc2)nc1. The zero-order chi connectivity index (χ0) is 20.0. The van der Waals surface area contributed by atoms with E-state index in [1.54, 1.807) is 0 Å². The number of rotatable bonds is 3. The fourth-order valence-corrected chi connectivity index (χ4v) is 4.75. The van der Waals surface area contributed by atoms with Crippen molar-refractivity contribution in [1.82, 2.24) is 9.55 Å². The van der Waals surface area contributed by atoms with Gasteiger partial charge in [0.25, 0.3) is 0 Å². The normalized spacial score (nSPS) is 12.5. The number of fused-ring (bicyclic) bond motifs is 3. The largest absolute Gasteiger partial charge is 0.309 e. The summed E-state index contributed by atoms with van der Waals surface area (Å²) in [7, 11) is -0.758. The molecule has 2 aromatic heterocycles. The van der Waals surface area contributed by atoms with Crippen molar-refractivity contribution in [3.8, 4) is 16.9 Å². The van der Waals surface area contributed by atoms with E-state index in [2.05, 4.69) is 108 Å². The zero-order valence-electron chi connectivity index (χ0n) is 17.0. The predicted molar refractivity (Wildman–Crippen MR) is 128 cm³/mol. The molecule has 0 atom stereocenters. The Morgan fingerprint density at radius 2 is 1.41 bits per heavy atom. The molecule has 2 heterocycles. The second-order valence-corrected chi connectivity index (χ2v) is 12.3. The summed E-state index contributed by atoms with van der Waals surface area (Å²) in [6.45, 7) is 0. The molecule has 5 rings (SSSR count). The first-order chi connectivity index (χ1) is 14.0. The Morgan fingerprint density at radius 1 is 0.690 bits per heavy atom. The number of para-hydroxylation sites is 2. The van der Waals surface area contributed by atoms with Gasteiger partial charge in [-0.3, -0.25) is 4.98 Å². The lowest BCUT2D eigenvalue weighted by atomic mass is 10.1. The number of nitrogens with zero attached hydrogens (tertiary/aromatic N) is 2. The monoisotopic (exact) mass is 396 g/mol. The number of aromatic nitrogens is 2. The Morgan fingerprint density at radius 3 is 2.14 bits per heavy atom. The Hall–Kier alpha value is -3.04. The van der Waals surface area contributed by atoms with E-state index in [4.69, 9.17) is 4.98 Å². The van der Waals surface area contributed by atoms with E-state index in [-0.39, 0.29) is 0 Å². The van der Waals surface area contributed by atoms with Crippen LogP contribution in [0.4, 0.5) is 0 Å². The van der Waals surface area contributed by atoms with Crippen molar-refractivity contribution in [1.29, 1.82) is 0 Å².